The maximum absolute atomic E-state index is 14.0. The molecule has 35 heavy (non-hydrogen) atoms. The Morgan fingerprint density at radius 1 is 1.06 bits per heavy atom. The van der Waals surface area contributed by atoms with Crippen LogP contribution in [-0.4, -0.2) is 36.5 Å². The number of nitrogens with zero attached hydrogens (tertiary/aromatic N) is 6. The van der Waals surface area contributed by atoms with Crippen molar-refractivity contribution in [2.75, 3.05) is 16.0 Å². The molecule has 0 atom stereocenters. The van der Waals surface area contributed by atoms with E-state index in [1.807, 2.05) is 12.1 Å². The van der Waals surface area contributed by atoms with Crippen molar-refractivity contribution in [2.45, 2.75) is 38.1 Å². The summed E-state index contributed by atoms with van der Waals surface area (Å²) in [5.74, 6) is -0.125. The van der Waals surface area contributed by atoms with Gasteiger partial charge in [0, 0.05) is 24.5 Å². The molecular weight excluding hydrogens is 449 g/mol. The van der Waals surface area contributed by atoms with Crippen LogP contribution in [0.2, 0.25) is 0 Å². The summed E-state index contributed by atoms with van der Waals surface area (Å²) in [5.41, 5.74) is 1.56. The lowest BCUT2D eigenvalue weighted by Gasteiger charge is -2.23. The maximum atomic E-state index is 14.0. The summed E-state index contributed by atoms with van der Waals surface area (Å²) in [6.45, 7) is 0. The average molecular weight is 472 g/mol. The predicted octanol–water partition coefficient (Wildman–Crippen LogP) is 4.27. The van der Waals surface area contributed by atoms with Gasteiger partial charge in [-0.2, -0.15) is 5.26 Å². The number of nitrogens with one attached hydrogen (secondary N) is 3. The molecule has 0 aromatic carbocycles. The smallest absolute Gasteiger partial charge is 0.276 e. The number of anilines is 4. The third kappa shape index (κ3) is 4.86. The number of nitriles is 1. The van der Waals surface area contributed by atoms with Crippen LogP contribution in [0.5, 0.6) is 0 Å². The number of carbonyl (C=O) groups is 1. The van der Waals surface area contributed by atoms with E-state index in [1.165, 1.54) is 35.6 Å². The van der Waals surface area contributed by atoms with Crippen LogP contribution in [0.25, 0.3) is 5.65 Å². The van der Waals surface area contributed by atoms with Crippen LogP contribution in [0.15, 0.2) is 49.1 Å². The molecule has 11 heteroatoms. The minimum atomic E-state index is -0.642. The molecule has 0 spiro atoms. The first-order chi connectivity index (χ1) is 17.1. The number of fused-ring (bicyclic) bond motifs is 1. The van der Waals surface area contributed by atoms with Gasteiger partial charge in [-0.05, 0) is 31.0 Å². The van der Waals surface area contributed by atoms with E-state index in [4.69, 9.17) is 5.26 Å². The zero-order valence-electron chi connectivity index (χ0n) is 18.7. The molecule has 1 saturated carbocycles. The third-order valence-corrected chi connectivity index (χ3v) is 5.83. The Labute approximate surface area is 200 Å². The lowest BCUT2D eigenvalue weighted by molar-refractivity contribution is 0.102. The minimum absolute atomic E-state index is 0.0107. The highest BCUT2D eigenvalue weighted by Gasteiger charge is 2.20. The lowest BCUT2D eigenvalue weighted by atomic mass is 9.95. The van der Waals surface area contributed by atoms with E-state index in [0.717, 1.165) is 31.9 Å². The number of carbonyl (C=O) groups excluding carboxylic acids is 1. The number of hydrogen-bond donors (Lipinski definition) is 3. The Hall–Kier alpha value is -4.59. The van der Waals surface area contributed by atoms with Crippen molar-refractivity contribution >= 4 is 34.6 Å². The standard InChI is InChI=1S/C24H22FN9O/c25-17-13-27-9-8-18(17)32-24(35)20-14-29-23-19(31-21-7-6-15(11-26)12-28-21)10-22(33-34(20)23)30-16-4-2-1-3-5-16/h6-10,12-14,16H,1-5H2,(H,28,31)(H,30,33)(H,27,32,35). The van der Waals surface area contributed by atoms with Gasteiger partial charge in [0.1, 0.15) is 17.7 Å². The highest BCUT2D eigenvalue weighted by atomic mass is 19.1. The summed E-state index contributed by atoms with van der Waals surface area (Å²) < 4.78 is 15.5. The van der Waals surface area contributed by atoms with Crippen molar-refractivity contribution in [1.29, 1.82) is 5.26 Å². The molecular formula is C24H22FN9O. The van der Waals surface area contributed by atoms with E-state index in [2.05, 4.69) is 36.0 Å². The Morgan fingerprint density at radius 3 is 2.66 bits per heavy atom. The topological polar surface area (TPSA) is 133 Å². The van der Waals surface area contributed by atoms with Crippen LogP contribution in [0.1, 0.15) is 48.2 Å². The van der Waals surface area contributed by atoms with Gasteiger partial charge in [-0.15, -0.1) is 5.10 Å². The Balaban J connectivity index is 1.51. The van der Waals surface area contributed by atoms with Crippen molar-refractivity contribution in [3.05, 3.63) is 66.1 Å². The Kier molecular flexibility index (Phi) is 6.17. The molecule has 1 amide bonds. The summed E-state index contributed by atoms with van der Waals surface area (Å²) in [7, 11) is 0. The van der Waals surface area contributed by atoms with E-state index in [1.54, 1.807) is 12.1 Å². The van der Waals surface area contributed by atoms with Crippen molar-refractivity contribution in [1.82, 2.24) is 24.6 Å². The second-order valence-electron chi connectivity index (χ2n) is 8.28. The fourth-order valence-corrected chi connectivity index (χ4v) is 4.08. The summed E-state index contributed by atoms with van der Waals surface area (Å²) >= 11 is 0. The van der Waals surface area contributed by atoms with E-state index >= 15 is 0 Å². The fraction of sp³-hybridized carbons (Fsp3) is 0.250. The first-order valence-corrected chi connectivity index (χ1v) is 11.3. The van der Waals surface area contributed by atoms with Gasteiger partial charge < -0.3 is 16.0 Å². The first kappa shape index (κ1) is 22.2. The molecule has 1 aliphatic carbocycles. The highest BCUT2D eigenvalue weighted by molar-refractivity contribution is 6.03. The van der Waals surface area contributed by atoms with Crippen LogP contribution < -0.4 is 16.0 Å². The molecule has 5 rings (SSSR count). The Bertz CT molecular complexity index is 1410. The van der Waals surface area contributed by atoms with Gasteiger partial charge in [0.2, 0.25) is 0 Å². The van der Waals surface area contributed by atoms with Gasteiger partial charge >= 0.3 is 0 Å². The van der Waals surface area contributed by atoms with Crippen LogP contribution in [0.4, 0.5) is 27.4 Å². The van der Waals surface area contributed by atoms with Crippen LogP contribution in [0, 0.1) is 17.1 Å². The molecule has 1 fully saturated rings. The molecule has 1 aliphatic rings. The second-order valence-corrected chi connectivity index (χ2v) is 8.28. The summed E-state index contributed by atoms with van der Waals surface area (Å²) in [5, 5.41) is 22.9. The minimum Gasteiger partial charge on any atom is -0.366 e. The molecule has 4 aromatic heterocycles. The number of amides is 1. The molecule has 4 aromatic rings. The van der Waals surface area contributed by atoms with Gasteiger partial charge in [0.15, 0.2) is 17.2 Å². The molecule has 0 saturated heterocycles. The van der Waals surface area contributed by atoms with Crippen LogP contribution in [0.3, 0.4) is 0 Å². The monoisotopic (exact) mass is 471 g/mol. The summed E-state index contributed by atoms with van der Waals surface area (Å²) in [6, 6.07) is 8.86. The molecule has 176 valence electrons. The van der Waals surface area contributed by atoms with Crippen molar-refractivity contribution in [3.63, 3.8) is 0 Å². The largest absolute Gasteiger partial charge is 0.366 e. The fourth-order valence-electron chi connectivity index (χ4n) is 4.08. The number of halogens is 1. The molecule has 4 heterocycles. The Morgan fingerprint density at radius 2 is 1.91 bits per heavy atom. The first-order valence-electron chi connectivity index (χ1n) is 11.3. The van der Waals surface area contributed by atoms with Gasteiger partial charge in [-0.1, -0.05) is 19.3 Å². The molecule has 0 aliphatic heterocycles. The molecule has 10 nitrogen and oxygen atoms in total. The molecule has 3 N–H and O–H groups in total. The van der Waals surface area contributed by atoms with E-state index in [9.17, 15) is 9.18 Å². The number of aromatic nitrogens is 5. The number of pyridine rings is 2. The summed E-state index contributed by atoms with van der Waals surface area (Å²) in [4.78, 5) is 25.3. The molecule has 0 unspecified atom stereocenters. The van der Waals surface area contributed by atoms with Crippen molar-refractivity contribution in [2.24, 2.45) is 0 Å². The normalized spacial score (nSPS) is 13.8. The zero-order valence-corrected chi connectivity index (χ0v) is 18.7. The van der Waals surface area contributed by atoms with Gasteiger partial charge in [0.25, 0.3) is 5.91 Å². The molecule has 0 bridgehead atoms. The SMILES string of the molecule is N#Cc1ccc(Nc2cc(NC3CCCCC3)nn3c(C(=O)Nc4ccncc4F)cnc23)nc1. The number of rotatable bonds is 6. The highest BCUT2D eigenvalue weighted by Crippen LogP contribution is 2.27. The van der Waals surface area contributed by atoms with Gasteiger partial charge in [0.05, 0.1) is 29.3 Å². The quantitative estimate of drug-likeness (QED) is 0.380. The van der Waals surface area contributed by atoms with Gasteiger partial charge in [-0.3, -0.25) is 9.78 Å². The van der Waals surface area contributed by atoms with Crippen LogP contribution >= 0.6 is 0 Å². The lowest BCUT2D eigenvalue weighted by Crippen LogP contribution is -2.24. The van der Waals surface area contributed by atoms with Crippen LogP contribution in [-0.2, 0) is 0 Å². The van der Waals surface area contributed by atoms with Crippen molar-refractivity contribution in [3.8, 4) is 6.07 Å². The predicted molar refractivity (Wildman–Crippen MR) is 128 cm³/mol. The average Bonchev–Trinajstić information content (AvgIpc) is 3.31. The second kappa shape index (κ2) is 9.72. The summed E-state index contributed by atoms with van der Waals surface area (Å²) in [6.07, 6.45) is 10.9. The number of imidazole rings is 1. The van der Waals surface area contributed by atoms with Crippen molar-refractivity contribution < 1.29 is 9.18 Å². The third-order valence-electron chi connectivity index (χ3n) is 5.83. The van der Waals surface area contributed by atoms with Gasteiger partial charge in [-0.25, -0.2) is 18.9 Å². The zero-order chi connectivity index (χ0) is 24.2. The van der Waals surface area contributed by atoms with E-state index in [-0.39, 0.29) is 17.4 Å². The molecule has 0 radical (unpaired) electrons. The number of hydrogen-bond acceptors (Lipinski definition) is 8. The van der Waals surface area contributed by atoms with E-state index < -0.39 is 11.7 Å². The maximum Gasteiger partial charge on any atom is 0.276 e. The van der Waals surface area contributed by atoms with E-state index in [0.29, 0.717) is 28.5 Å².